The third-order valence-corrected chi connectivity index (χ3v) is 5.89. The van der Waals surface area contributed by atoms with Gasteiger partial charge in [-0.25, -0.2) is 8.42 Å². The average Bonchev–Trinajstić information content (AvgIpc) is 2.49. The summed E-state index contributed by atoms with van der Waals surface area (Å²) in [4.78, 5) is 0.344. The number of hydrogen-bond donors (Lipinski definition) is 0. The Morgan fingerprint density at radius 1 is 0.952 bits per heavy atom. The van der Waals surface area contributed by atoms with Gasteiger partial charge < -0.3 is 4.74 Å². The minimum atomic E-state index is -3.20. The zero-order valence-electron chi connectivity index (χ0n) is 11.4. The second kappa shape index (κ2) is 7.83. The molecule has 0 saturated carbocycles. The molecule has 1 atom stereocenters. The Hall–Kier alpha value is -1.03. The van der Waals surface area contributed by atoms with Crippen LogP contribution in [-0.4, -0.2) is 19.9 Å². The van der Waals surface area contributed by atoms with Crippen LogP contribution in [0.1, 0.15) is 6.42 Å². The molecule has 0 bridgehead atoms. The first-order valence-corrected chi connectivity index (χ1v) is 10.6. The normalized spacial score (nSPS) is 11.3. The van der Waals surface area contributed by atoms with E-state index in [2.05, 4.69) is 8.44 Å². The summed E-state index contributed by atoms with van der Waals surface area (Å²) >= 11 is 1.57. The van der Waals surface area contributed by atoms with Crippen LogP contribution in [0.4, 0.5) is 0 Å². The molecule has 6 heteroatoms. The van der Waals surface area contributed by atoms with E-state index in [1.807, 2.05) is 30.3 Å². The zero-order valence-corrected chi connectivity index (χ0v) is 14.2. The highest BCUT2D eigenvalue weighted by molar-refractivity contribution is 8.43. The van der Waals surface area contributed by atoms with Gasteiger partial charge >= 0.3 is 0 Å². The number of rotatable bonds is 7. The summed E-state index contributed by atoms with van der Waals surface area (Å²) in [5.41, 5.74) is 0. The van der Waals surface area contributed by atoms with Crippen LogP contribution in [0.15, 0.2) is 59.5 Å². The van der Waals surface area contributed by atoms with Crippen molar-refractivity contribution in [3.63, 3.8) is 0 Å². The lowest BCUT2D eigenvalue weighted by molar-refractivity contribution is 0.482. The summed E-state index contributed by atoms with van der Waals surface area (Å²) < 4.78 is 29.9. The minimum Gasteiger partial charge on any atom is -0.457 e. The molecule has 0 aliphatic heterocycles. The maximum absolute atomic E-state index is 12.1. The van der Waals surface area contributed by atoms with Crippen molar-refractivity contribution in [2.24, 2.45) is 0 Å². The van der Waals surface area contributed by atoms with Gasteiger partial charge in [-0.2, -0.15) is 0 Å². The van der Waals surface area contributed by atoms with Gasteiger partial charge in [0, 0.05) is 0 Å². The summed E-state index contributed by atoms with van der Waals surface area (Å²) in [5.74, 6) is 2.35. The number of ether oxygens (including phenoxy) is 1. The molecular formula is C15H17O3PS2. The van der Waals surface area contributed by atoms with Crippen LogP contribution in [0, 0.1) is 0 Å². The third-order valence-electron chi connectivity index (χ3n) is 2.84. The van der Waals surface area contributed by atoms with Crippen LogP contribution in [0.2, 0.25) is 0 Å². The molecular weight excluding hydrogens is 323 g/mol. The molecule has 0 saturated heterocycles. The molecule has 21 heavy (non-hydrogen) atoms. The SMILES string of the molecule is O=S(=O)(CCCSP)c1ccc(Oc2ccccc2)cc1. The molecule has 0 spiro atoms. The molecule has 0 amide bonds. The van der Waals surface area contributed by atoms with Crippen molar-refractivity contribution in [1.82, 2.24) is 0 Å². The van der Waals surface area contributed by atoms with E-state index in [4.69, 9.17) is 4.74 Å². The molecule has 2 aromatic carbocycles. The maximum atomic E-state index is 12.1. The fourth-order valence-electron chi connectivity index (χ4n) is 1.79. The molecule has 0 aromatic heterocycles. The molecule has 0 aliphatic carbocycles. The van der Waals surface area contributed by atoms with Gasteiger partial charge in [-0.1, -0.05) is 26.6 Å². The summed E-state index contributed by atoms with van der Waals surface area (Å²) in [7, 11) is -0.672. The highest BCUT2D eigenvalue weighted by Crippen LogP contribution is 2.23. The van der Waals surface area contributed by atoms with Crippen molar-refractivity contribution in [3.05, 3.63) is 54.6 Å². The third kappa shape index (κ3) is 5.03. The van der Waals surface area contributed by atoms with Gasteiger partial charge in [-0.05, 0) is 48.6 Å². The van der Waals surface area contributed by atoms with E-state index in [-0.39, 0.29) is 5.75 Å². The average molecular weight is 340 g/mol. The van der Waals surface area contributed by atoms with Crippen LogP contribution in [0.3, 0.4) is 0 Å². The van der Waals surface area contributed by atoms with Crippen molar-refractivity contribution < 1.29 is 13.2 Å². The van der Waals surface area contributed by atoms with Crippen LogP contribution in [0.5, 0.6) is 11.5 Å². The van der Waals surface area contributed by atoms with Gasteiger partial charge in [0.2, 0.25) is 0 Å². The van der Waals surface area contributed by atoms with E-state index >= 15 is 0 Å². The molecule has 0 radical (unpaired) electrons. The van der Waals surface area contributed by atoms with E-state index in [9.17, 15) is 8.42 Å². The van der Waals surface area contributed by atoms with E-state index in [1.54, 1.807) is 35.6 Å². The second-order valence-corrected chi connectivity index (χ2v) is 8.28. The van der Waals surface area contributed by atoms with Gasteiger partial charge in [0.1, 0.15) is 11.5 Å². The van der Waals surface area contributed by atoms with Crippen LogP contribution in [0.25, 0.3) is 0 Å². The molecule has 2 rings (SSSR count). The summed E-state index contributed by atoms with van der Waals surface area (Å²) in [5, 5.41) is 0. The predicted octanol–water partition coefficient (Wildman–Crippen LogP) is 4.17. The molecule has 0 heterocycles. The van der Waals surface area contributed by atoms with E-state index in [0.717, 1.165) is 11.5 Å². The lowest BCUT2D eigenvalue weighted by Gasteiger charge is -2.07. The van der Waals surface area contributed by atoms with Crippen molar-refractivity contribution in [3.8, 4) is 11.5 Å². The van der Waals surface area contributed by atoms with Crippen LogP contribution >= 0.6 is 19.8 Å². The lowest BCUT2D eigenvalue weighted by atomic mass is 10.3. The van der Waals surface area contributed by atoms with E-state index < -0.39 is 9.84 Å². The number of hydrogen-bond acceptors (Lipinski definition) is 4. The first-order valence-electron chi connectivity index (χ1n) is 6.49. The summed E-state index contributed by atoms with van der Waals surface area (Å²) in [6.45, 7) is 0. The molecule has 2 aromatic rings. The largest absolute Gasteiger partial charge is 0.457 e. The van der Waals surface area contributed by atoms with E-state index in [1.165, 1.54) is 0 Å². The summed E-state index contributed by atoms with van der Waals surface area (Å²) in [6.07, 6.45) is 0.652. The first kappa shape index (κ1) is 16.3. The Labute approximate surface area is 132 Å². The van der Waals surface area contributed by atoms with Crippen LogP contribution in [-0.2, 0) is 9.84 Å². The molecule has 112 valence electrons. The maximum Gasteiger partial charge on any atom is 0.178 e. The Morgan fingerprint density at radius 3 is 2.19 bits per heavy atom. The standard InChI is InChI=1S/C15H17O3PS2/c16-21(17,12-4-11-20-19)15-9-7-14(8-10-15)18-13-5-2-1-3-6-13/h1-3,5-10H,4,11-12,19H2. The molecule has 0 aliphatic rings. The highest BCUT2D eigenvalue weighted by atomic mass is 32.7. The Bertz CT molecular complexity index is 655. The molecule has 0 fully saturated rings. The van der Waals surface area contributed by atoms with Gasteiger partial charge in [0.25, 0.3) is 0 Å². The summed E-state index contributed by atoms with van der Waals surface area (Å²) in [6, 6.07) is 16.0. The number of para-hydroxylation sites is 1. The first-order chi connectivity index (χ1) is 10.1. The van der Waals surface area contributed by atoms with Gasteiger partial charge in [-0.15, -0.1) is 11.4 Å². The Morgan fingerprint density at radius 2 is 1.57 bits per heavy atom. The lowest BCUT2D eigenvalue weighted by Crippen LogP contribution is -2.07. The van der Waals surface area contributed by atoms with Gasteiger partial charge in [0.15, 0.2) is 9.84 Å². The van der Waals surface area contributed by atoms with Gasteiger partial charge in [-0.3, -0.25) is 0 Å². The van der Waals surface area contributed by atoms with Crippen LogP contribution < -0.4 is 4.74 Å². The Kier molecular flexibility index (Phi) is 6.09. The van der Waals surface area contributed by atoms with Crippen molar-refractivity contribution in [2.45, 2.75) is 11.3 Å². The number of benzene rings is 2. The van der Waals surface area contributed by atoms with Gasteiger partial charge in [0.05, 0.1) is 10.6 Å². The zero-order chi connectivity index (χ0) is 15.1. The van der Waals surface area contributed by atoms with Crippen molar-refractivity contribution in [2.75, 3.05) is 11.5 Å². The topological polar surface area (TPSA) is 43.4 Å². The predicted molar refractivity (Wildman–Crippen MR) is 91.8 cm³/mol. The van der Waals surface area contributed by atoms with Crippen molar-refractivity contribution >= 4 is 29.7 Å². The second-order valence-electron chi connectivity index (χ2n) is 4.43. The smallest absolute Gasteiger partial charge is 0.178 e. The van der Waals surface area contributed by atoms with Crippen molar-refractivity contribution in [1.29, 1.82) is 0 Å². The number of sulfone groups is 1. The van der Waals surface area contributed by atoms with E-state index in [0.29, 0.717) is 17.1 Å². The minimum absolute atomic E-state index is 0.174. The fourth-order valence-corrected chi connectivity index (χ4v) is 4.09. The molecule has 1 unspecified atom stereocenters. The molecule has 3 nitrogen and oxygen atoms in total. The highest BCUT2D eigenvalue weighted by Gasteiger charge is 2.13. The quantitative estimate of drug-likeness (QED) is 0.560. The molecule has 0 N–H and O–H groups in total. The monoisotopic (exact) mass is 340 g/mol. The fraction of sp³-hybridized carbons (Fsp3) is 0.200. The Balaban J connectivity index is 2.05.